The molecule has 1 aromatic carbocycles. The molecule has 0 saturated carbocycles. The molecule has 2 nitrogen and oxygen atoms in total. The van der Waals surface area contributed by atoms with Crippen LogP contribution in [0.1, 0.15) is 52.0 Å². The van der Waals surface area contributed by atoms with Crippen LogP contribution in [-0.2, 0) is 6.54 Å². The van der Waals surface area contributed by atoms with Crippen molar-refractivity contribution in [3.63, 3.8) is 0 Å². The number of unbranched alkanes of at least 4 members (excludes halogenated alkanes) is 2. The molecule has 3 heteroatoms. The maximum atomic E-state index is 14.3. The normalized spacial score (nSPS) is 10.8. The molecule has 0 atom stereocenters. The first kappa shape index (κ1) is 17.0. The van der Waals surface area contributed by atoms with Gasteiger partial charge in [0, 0.05) is 19.6 Å². The zero-order valence-corrected chi connectivity index (χ0v) is 13.2. The van der Waals surface area contributed by atoms with Gasteiger partial charge in [-0.2, -0.15) is 0 Å². The van der Waals surface area contributed by atoms with Crippen LogP contribution < -0.4 is 10.2 Å². The average Bonchev–Trinajstić information content (AvgIpc) is 2.46. The first-order valence-electron chi connectivity index (χ1n) is 7.97. The van der Waals surface area contributed by atoms with Crippen molar-refractivity contribution in [2.24, 2.45) is 0 Å². The molecule has 0 bridgehead atoms. The highest BCUT2D eigenvalue weighted by Crippen LogP contribution is 2.21. The molecule has 0 heterocycles. The summed E-state index contributed by atoms with van der Waals surface area (Å²) in [4.78, 5) is 2.19. The quantitative estimate of drug-likeness (QED) is 0.686. The lowest BCUT2D eigenvalue weighted by atomic mass is 10.1. The van der Waals surface area contributed by atoms with Crippen molar-refractivity contribution in [3.8, 4) is 0 Å². The maximum Gasteiger partial charge on any atom is 0.146 e. The van der Waals surface area contributed by atoms with E-state index in [9.17, 15) is 4.39 Å². The summed E-state index contributed by atoms with van der Waals surface area (Å²) in [6, 6.07) is 5.64. The van der Waals surface area contributed by atoms with Crippen molar-refractivity contribution in [3.05, 3.63) is 29.6 Å². The van der Waals surface area contributed by atoms with Gasteiger partial charge in [-0.05, 0) is 37.1 Å². The topological polar surface area (TPSA) is 15.3 Å². The molecule has 0 aliphatic heterocycles. The number of nitrogens with zero attached hydrogens (tertiary/aromatic N) is 1. The summed E-state index contributed by atoms with van der Waals surface area (Å²) < 4.78 is 14.3. The molecule has 0 unspecified atom stereocenters. The Morgan fingerprint density at radius 2 is 1.70 bits per heavy atom. The zero-order chi connectivity index (χ0) is 14.8. The van der Waals surface area contributed by atoms with E-state index in [1.807, 2.05) is 12.1 Å². The highest BCUT2D eigenvalue weighted by Gasteiger charge is 2.11. The molecular formula is C17H29FN2. The fourth-order valence-electron chi connectivity index (χ4n) is 2.24. The van der Waals surface area contributed by atoms with Crippen LogP contribution in [0.3, 0.4) is 0 Å². The molecule has 0 aliphatic rings. The maximum absolute atomic E-state index is 14.3. The molecule has 0 fully saturated rings. The Morgan fingerprint density at radius 3 is 2.20 bits per heavy atom. The average molecular weight is 280 g/mol. The molecule has 1 aromatic rings. The lowest BCUT2D eigenvalue weighted by molar-refractivity contribution is 0.601. The summed E-state index contributed by atoms with van der Waals surface area (Å²) in [5, 5.41) is 3.23. The van der Waals surface area contributed by atoms with Gasteiger partial charge in [0.05, 0.1) is 5.69 Å². The summed E-state index contributed by atoms with van der Waals surface area (Å²) >= 11 is 0. The summed E-state index contributed by atoms with van der Waals surface area (Å²) in [5.41, 5.74) is 1.77. The van der Waals surface area contributed by atoms with Crippen molar-refractivity contribution >= 4 is 5.69 Å². The number of nitrogens with one attached hydrogen (secondary N) is 1. The molecule has 0 radical (unpaired) electrons. The predicted molar refractivity (Wildman–Crippen MR) is 85.8 cm³/mol. The first-order valence-corrected chi connectivity index (χ1v) is 7.97. The van der Waals surface area contributed by atoms with Crippen LogP contribution in [0.2, 0.25) is 0 Å². The van der Waals surface area contributed by atoms with Crippen molar-refractivity contribution in [1.82, 2.24) is 5.32 Å². The van der Waals surface area contributed by atoms with Crippen LogP contribution in [0, 0.1) is 5.82 Å². The van der Waals surface area contributed by atoms with E-state index in [1.165, 1.54) is 0 Å². The largest absolute Gasteiger partial charge is 0.369 e. The molecule has 0 aliphatic carbocycles. The highest BCUT2D eigenvalue weighted by molar-refractivity contribution is 5.49. The fourth-order valence-corrected chi connectivity index (χ4v) is 2.24. The summed E-state index contributed by atoms with van der Waals surface area (Å²) in [7, 11) is 0. The minimum Gasteiger partial charge on any atom is -0.369 e. The minimum atomic E-state index is -0.0902. The Bertz CT molecular complexity index is 371. The van der Waals surface area contributed by atoms with Crippen LogP contribution in [-0.4, -0.2) is 19.6 Å². The van der Waals surface area contributed by atoms with Crippen molar-refractivity contribution < 1.29 is 4.39 Å². The Hall–Kier alpha value is -1.09. The number of hydrogen-bond donors (Lipinski definition) is 1. The van der Waals surface area contributed by atoms with E-state index in [1.54, 1.807) is 6.07 Å². The van der Waals surface area contributed by atoms with Gasteiger partial charge in [-0.1, -0.05) is 39.7 Å². The smallest absolute Gasteiger partial charge is 0.146 e. The van der Waals surface area contributed by atoms with Crippen LogP contribution in [0.15, 0.2) is 18.2 Å². The van der Waals surface area contributed by atoms with Gasteiger partial charge in [-0.3, -0.25) is 0 Å². The molecule has 114 valence electrons. The number of anilines is 1. The lowest BCUT2D eigenvalue weighted by Crippen LogP contribution is -2.26. The molecule has 20 heavy (non-hydrogen) atoms. The number of rotatable bonds is 10. The highest BCUT2D eigenvalue weighted by atomic mass is 19.1. The minimum absolute atomic E-state index is 0.0902. The van der Waals surface area contributed by atoms with Gasteiger partial charge in [0.2, 0.25) is 0 Å². The second kappa shape index (κ2) is 9.76. The standard InChI is InChI=1S/C17H29FN2/c1-4-7-11-20(12-8-5-2)17-10-9-15(13-16(17)18)14-19-6-3/h9-10,13,19H,4-8,11-12,14H2,1-3H3. The second-order valence-electron chi connectivity index (χ2n) is 5.26. The molecule has 0 aromatic heterocycles. The van der Waals surface area contributed by atoms with E-state index < -0.39 is 0 Å². The predicted octanol–water partition coefficient (Wildman–Crippen LogP) is 4.34. The van der Waals surface area contributed by atoms with E-state index in [2.05, 4.69) is 31.0 Å². The van der Waals surface area contributed by atoms with Gasteiger partial charge in [0.15, 0.2) is 0 Å². The third-order valence-electron chi connectivity index (χ3n) is 3.50. The van der Waals surface area contributed by atoms with Crippen LogP contribution in [0.25, 0.3) is 0 Å². The Balaban J connectivity index is 2.78. The van der Waals surface area contributed by atoms with Gasteiger partial charge in [0.1, 0.15) is 5.82 Å². The van der Waals surface area contributed by atoms with Crippen molar-refractivity contribution in [2.45, 2.75) is 53.0 Å². The van der Waals surface area contributed by atoms with Gasteiger partial charge in [-0.15, -0.1) is 0 Å². The van der Waals surface area contributed by atoms with Gasteiger partial charge < -0.3 is 10.2 Å². The van der Waals surface area contributed by atoms with Gasteiger partial charge >= 0.3 is 0 Å². The molecule has 0 amide bonds. The van der Waals surface area contributed by atoms with Crippen LogP contribution >= 0.6 is 0 Å². The molecule has 1 rings (SSSR count). The third-order valence-corrected chi connectivity index (χ3v) is 3.50. The van der Waals surface area contributed by atoms with E-state index in [0.717, 1.165) is 63.1 Å². The number of halogens is 1. The summed E-state index contributed by atoms with van der Waals surface area (Å²) in [6.45, 7) is 9.93. The summed E-state index contributed by atoms with van der Waals surface area (Å²) in [5.74, 6) is -0.0902. The second-order valence-corrected chi connectivity index (χ2v) is 5.26. The summed E-state index contributed by atoms with van der Waals surface area (Å²) in [6.07, 6.45) is 4.51. The van der Waals surface area contributed by atoms with E-state index in [0.29, 0.717) is 0 Å². The van der Waals surface area contributed by atoms with Crippen molar-refractivity contribution in [2.75, 3.05) is 24.5 Å². The molecule has 0 spiro atoms. The zero-order valence-electron chi connectivity index (χ0n) is 13.2. The van der Waals surface area contributed by atoms with Crippen LogP contribution in [0.5, 0.6) is 0 Å². The van der Waals surface area contributed by atoms with Crippen LogP contribution in [0.4, 0.5) is 10.1 Å². The first-order chi connectivity index (χ1) is 9.72. The Morgan fingerprint density at radius 1 is 1.05 bits per heavy atom. The third kappa shape index (κ3) is 5.49. The molecular weight excluding hydrogens is 251 g/mol. The lowest BCUT2D eigenvalue weighted by Gasteiger charge is -2.25. The Kier molecular flexibility index (Phi) is 8.28. The Labute approximate surface area is 123 Å². The van der Waals surface area contributed by atoms with Gasteiger partial charge in [-0.25, -0.2) is 4.39 Å². The molecule has 1 N–H and O–H groups in total. The van der Waals surface area contributed by atoms with E-state index >= 15 is 0 Å². The number of benzene rings is 1. The monoisotopic (exact) mass is 280 g/mol. The van der Waals surface area contributed by atoms with Gasteiger partial charge in [0.25, 0.3) is 0 Å². The van der Waals surface area contributed by atoms with E-state index in [4.69, 9.17) is 0 Å². The van der Waals surface area contributed by atoms with E-state index in [-0.39, 0.29) is 5.82 Å². The molecule has 0 saturated heterocycles. The SMILES string of the molecule is CCCCN(CCCC)c1ccc(CNCC)cc1F. The fraction of sp³-hybridized carbons (Fsp3) is 0.647. The number of hydrogen-bond acceptors (Lipinski definition) is 2. The van der Waals surface area contributed by atoms with Crippen molar-refractivity contribution in [1.29, 1.82) is 0 Å².